The highest BCUT2D eigenvalue weighted by molar-refractivity contribution is 7.92. The van der Waals surface area contributed by atoms with Crippen molar-refractivity contribution in [3.63, 3.8) is 0 Å². The molecule has 0 bridgehead atoms. The molecule has 0 aliphatic rings. The minimum atomic E-state index is -3.97. The molecule has 0 aliphatic carbocycles. The van der Waals surface area contributed by atoms with Crippen LogP contribution in [0.5, 0.6) is 0 Å². The largest absolute Gasteiger partial charge is 0.325 e. The van der Waals surface area contributed by atoms with Gasteiger partial charge in [0, 0.05) is 17.8 Å². The highest BCUT2D eigenvalue weighted by Gasteiger charge is 2.30. The Hall–Kier alpha value is -2.74. The van der Waals surface area contributed by atoms with Gasteiger partial charge in [-0.1, -0.05) is 32.9 Å². The van der Waals surface area contributed by atoms with Crippen molar-refractivity contribution >= 4 is 27.1 Å². The fourth-order valence-electron chi connectivity index (χ4n) is 2.40. The van der Waals surface area contributed by atoms with E-state index in [9.17, 15) is 23.3 Å². The number of nitrogens with zero attached hydrogens (tertiary/aromatic N) is 1. The fourth-order valence-corrected chi connectivity index (χ4v) is 3.66. The summed E-state index contributed by atoms with van der Waals surface area (Å²) in [4.78, 5) is 22.3. The Morgan fingerprint density at radius 1 is 1.04 bits per heavy atom. The predicted molar refractivity (Wildman–Crippen MR) is 104 cm³/mol. The lowest BCUT2D eigenvalue weighted by Crippen LogP contribution is -2.32. The van der Waals surface area contributed by atoms with Gasteiger partial charge in [0.2, 0.25) is 5.91 Å². The summed E-state index contributed by atoms with van der Waals surface area (Å²) in [5.41, 5.74) is 1.34. The number of rotatable bonds is 5. The van der Waals surface area contributed by atoms with E-state index in [1.165, 1.54) is 6.92 Å². The molecule has 1 N–H and O–H groups in total. The van der Waals surface area contributed by atoms with Gasteiger partial charge in [0.1, 0.15) is 5.25 Å². The number of non-ortho nitro benzene ring substituents is 1. The van der Waals surface area contributed by atoms with Crippen LogP contribution in [0.15, 0.2) is 53.4 Å². The maximum absolute atomic E-state index is 12.6. The lowest BCUT2D eigenvalue weighted by molar-refractivity contribution is -0.384. The van der Waals surface area contributed by atoms with Crippen LogP contribution in [0, 0.1) is 10.1 Å². The van der Waals surface area contributed by atoms with Gasteiger partial charge in [-0.05, 0) is 42.2 Å². The Morgan fingerprint density at radius 2 is 1.56 bits per heavy atom. The summed E-state index contributed by atoms with van der Waals surface area (Å²) in [7, 11) is -3.97. The van der Waals surface area contributed by atoms with Gasteiger partial charge >= 0.3 is 0 Å². The lowest BCUT2D eigenvalue weighted by atomic mass is 9.87. The van der Waals surface area contributed by atoms with E-state index in [1.807, 2.05) is 12.1 Å². The third-order valence-electron chi connectivity index (χ3n) is 4.23. The molecule has 0 aliphatic heterocycles. The molecule has 2 rings (SSSR count). The number of anilines is 1. The molecule has 8 heteroatoms. The smallest absolute Gasteiger partial charge is 0.269 e. The van der Waals surface area contributed by atoms with Crippen molar-refractivity contribution in [3.05, 3.63) is 64.2 Å². The Morgan fingerprint density at radius 3 is 2.00 bits per heavy atom. The third-order valence-corrected chi connectivity index (χ3v) is 6.30. The first-order chi connectivity index (χ1) is 12.4. The molecule has 0 saturated heterocycles. The zero-order chi connectivity index (χ0) is 20.4. The summed E-state index contributed by atoms with van der Waals surface area (Å²) >= 11 is 0. The van der Waals surface area contributed by atoms with Crippen molar-refractivity contribution in [1.29, 1.82) is 0 Å². The Labute approximate surface area is 158 Å². The summed E-state index contributed by atoms with van der Waals surface area (Å²) in [6, 6.07) is 11.7. The maximum Gasteiger partial charge on any atom is 0.269 e. The summed E-state index contributed by atoms with van der Waals surface area (Å²) < 4.78 is 25.2. The molecule has 2 aromatic carbocycles. The number of nitrogens with one attached hydrogen (secondary N) is 1. The second-order valence-corrected chi connectivity index (χ2v) is 9.52. The zero-order valence-electron chi connectivity index (χ0n) is 15.6. The number of nitro groups is 1. The normalized spacial score (nSPS) is 13.0. The highest BCUT2D eigenvalue weighted by Crippen LogP contribution is 2.24. The van der Waals surface area contributed by atoms with Crippen LogP contribution in [0.3, 0.4) is 0 Å². The van der Waals surface area contributed by atoms with E-state index < -0.39 is 25.9 Å². The van der Waals surface area contributed by atoms with Gasteiger partial charge in [0.15, 0.2) is 9.84 Å². The molecular weight excluding hydrogens is 368 g/mol. The molecule has 144 valence electrons. The number of hydrogen-bond donors (Lipinski definition) is 1. The van der Waals surface area contributed by atoms with Gasteiger partial charge in [-0.15, -0.1) is 0 Å². The number of carbonyl (C=O) groups excluding carboxylic acids is 1. The molecule has 2 aromatic rings. The number of amides is 1. The topological polar surface area (TPSA) is 106 Å². The van der Waals surface area contributed by atoms with Crippen LogP contribution in [-0.4, -0.2) is 24.5 Å². The minimum Gasteiger partial charge on any atom is -0.325 e. The van der Waals surface area contributed by atoms with Crippen LogP contribution in [0.25, 0.3) is 0 Å². The Kier molecular flexibility index (Phi) is 5.70. The molecule has 0 fully saturated rings. The highest BCUT2D eigenvalue weighted by atomic mass is 32.2. The molecule has 27 heavy (non-hydrogen) atoms. The summed E-state index contributed by atoms with van der Waals surface area (Å²) in [5, 5.41) is 11.9. The van der Waals surface area contributed by atoms with Gasteiger partial charge in [0.25, 0.3) is 5.69 Å². The van der Waals surface area contributed by atoms with E-state index >= 15 is 0 Å². The van der Waals surface area contributed by atoms with Crippen molar-refractivity contribution in [2.75, 3.05) is 5.32 Å². The van der Waals surface area contributed by atoms with Crippen LogP contribution >= 0.6 is 0 Å². The number of hydrogen-bond acceptors (Lipinski definition) is 5. The van der Waals surface area contributed by atoms with Crippen molar-refractivity contribution in [2.45, 2.75) is 43.3 Å². The summed E-state index contributed by atoms with van der Waals surface area (Å²) in [6.45, 7) is 7.49. The van der Waals surface area contributed by atoms with E-state index in [2.05, 4.69) is 26.1 Å². The van der Waals surface area contributed by atoms with Gasteiger partial charge in [-0.2, -0.15) is 0 Å². The molecule has 0 unspecified atom stereocenters. The first-order valence-electron chi connectivity index (χ1n) is 8.32. The van der Waals surface area contributed by atoms with Crippen molar-refractivity contribution < 1.29 is 18.1 Å². The second kappa shape index (κ2) is 7.48. The lowest BCUT2D eigenvalue weighted by Gasteiger charge is -2.19. The van der Waals surface area contributed by atoms with Crippen molar-refractivity contribution in [2.24, 2.45) is 0 Å². The first-order valence-corrected chi connectivity index (χ1v) is 9.87. The van der Waals surface area contributed by atoms with Gasteiger partial charge in [-0.3, -0.25) is 14.9 Å². The number of carbonyl (C=O) groups is 1. The minimum absolute atomic E-state index is 0.0326. The molecular formula is C19H22N2O5S. The molecule has 1 atom stereocenters. The van der Waals surface area contributed by atoms with Gasteiger partial charge in [-0.25, -0.2) is 8.42 Å². The molecule has 0 aromatic heterocycles. The van der Waals surface area contributed by atoms with Crippen LogP contribution in [0.2, 0.25) is 0 Å². The first kappa shape index (κ1) is 20.6. The van der Waals surface area contributed by atoms with Gasteiger partial charge in [0.05, 0.1) is 9.82 Å². The average Bonchev–Trinajstić information content (AvgIpc) is 2.60. The average molecular weight is 390 g/mol. The van der Waals surface area contributed by atoms with Crippen LogP contribution in [-0.2, 0) is 20.0 Å². The van der Waals surface area contributed by atoms with Crippen LogP contribution < -0.4 is 5.32 Å². The predicted octanol–water partition coefficient (Wildman–Crippen LogP) is 3.69. The monoisotopic (exact) mass is 390 g/mol. The standard InChI is InChI=1S/C19H22N2O5S/c1-13(27(25,26)17-11-9-16(10-12-17)21(23)24)18(22)20-15-7-5-14(6-8-15)19(2,3)4/h5-13H,1-4H3,(H,20,22)/t13-/m0/s1. The molecule has 1 amide bonds. The number of nitro benzene ring substituents is 1. The van der Waals surface area contributed by atoms with E-state index in [-0.39, 0.29) is 16.0 Å². The van der Waals surface area contributed by atoms with E-state index in [1.54, 1.807) is 12.1 Å². The summed E-state index contributed by atoms with van der Waals surface area (Å²) in [6.07, 6.45) is 0. The Balaban J connectivity index is 2.16. The maximum atomic E-state index is 12.6. The molecule has 0 spiro atoms. The summed E-state index contributed by atoms with van der Waals surface area (Å²) in [5.74, 6) is -0.670. The molecule has 0 radical (unpaired) electrons. The Bertz CT molecular complexity index is 943. The fraction of sp³-hybridized carbons (Fsp3) is 0.316. The third kappa shape index (κ3) is 4.71. The molecule has 7 nitrogen and oxygen atoms in total. The zero-order valence-corrected chi connectivity index (χ0v) is 16.4. The second-order valence-electron chi connectivity index (χ2n) is 7.25. The van der Waals surface area contributed by atoms with Crippen molar-refractivity contribution in [1.82, 2.24) is 0 Å². The van der Waals surface area contributed by atoms with Crippen molar-refractivity contribution in [3.8, 4) is 0 Å². The molecule has 0 heterocycles. The van der Waals surface area contributed by atoms with Crippen LogP contribution in [0.4, 0.5) is 11.4 Å². The molecule has 0 saturated carbocycles. The SMILES string of the molecule is C[C@@H](C(=O)Nc1ccc(C(C)(C)C)cc1)S(=O)(=O)c1ccc([N+](=O)[O-])cc1. The van der Waals surface area contributed by atoms with E-state index in [0.717, 1.165) is 29.8 Å². The quantitative estimate of drug-likeness (QED) is 0.619. The number of benzene rings is 2. The van der Waals surface area contributed by atoms with E-state index in [0.29, 0.717) is 5.69 Å². The number of sulfone groups is 1. The van der Waals surface area contributed by atoms with E-state index in [4.69, 9.17) is 0 Å². The van der Waals surface area contributed by atoms with Gasteiger partial charge < -0.3 is 5.32 Å². The van der Waals surface area contributed by atoms with Crippen LogP contribution in [0.1, 0.15) is 33.3 Å².